The highest BCUT2D eigenvalue weighted by atomic mass is 16.5. The Morgan fingerprint density at radius 2 is 1.72 bits per heavy atom. The molecule has 25 heavy (non-hydrogen) atoms. The van der Waals surface area contributed by atoms with Crippen LogP contribution in [0.25, 0.3) is 16.5 Å². The molecule has 0 aliphatic heterocycles. The Hall–Kier alpha value is -3.31. The van der Waals surface area contributed by atoms with Gasteiger partial charge in [0.15, 0.2) is 0 Å². The van der Waals surface area contributed by atoms with Gasteiger partial charge in [-0.1, -0.05) is 48.5 Å². The predicted molar refractivity (Wildman–Crippen MR) is 98.6 cm³/mol. The first-order valence-corrected chi connectivity index (χ1v) is 7.89. The topological polar surface area (TPSA) is 87.4 Å². The number of rotatable bonds is 5. The van der Waals surface area contributed by atoms with Crippen LogP contribution in [0, 0.1) is 0 Å². The van der Waals surface area contributed by atoms with Gasteiger partial charge >= 0.3 is 0 Å². The van der Waals surface area contributed by atoms with Gasteiger partial charge in [-0.3, -0.25) is 10.0 Å². The molecular formula is C20H19N3O2. The van der Waals surface area contributed by atoms with Gasteiger partial charge in [0, 0.05) is 18.3 Å². The summed E-state index contributed by atoms with van der Waals surface area (Å²) in [6.07, 6.45) is 1.71. The third-order valence-corrected chi connectivity index (χ3v) is 3.94. The van der Waals surface area contributed by atoms with E-state index in [0.717, 1.165) is 5.56 Å². The molecule has 3 rings (SSSR count). The molecule has 0 spiro atoms. The van der Waals surface area contributed by atoms with E-state index < -0.39 is 5.91 Å². The Kier molecular flexibility index (Phi) is 4.97. The van der Waals surface area contributed by atoms with Crippen LogP contribution in [0.3, 0.4) is 0 Å². The minimum Gasteiger partial charge on any atom is -0.397 e. The third-order valence-electron chi connectivity index (χ3n) is 3.94. The summed E-state index contributed by atoms with van der Waals surface area (Å²) in [6, 6.07) is 21.3. The number of carbonyl (C=O) groups is 1. The van der Waals surface area contributed by atoms with E-state index in [4.69, 9.17) is 10.9 Å². The van der Waals surface area contributed by atoms with E-state index in [-0.39, 0.29) is 0 Å². The minimum atomic E-state index is -0.571. The number of nitrogens with one attached hydrogen (secondary N) is 2. The quantitative estimate of drug-likeness (QED) is 0.427. The van der Waals surface area contributed by atoms with Crippen LogP contribution in [0.1, 0.15) is 21.5 Å². The lowest BCUT2D eigenvalue weighted by Gasteiger charge is -2.07. The second-order valence-electron chi connectivity index (χ2n) is 5.68. The summed E-state index contributed by atoms with van der Waals surface area (Å²) in [5.41, 5.74) is 10.4. The minimum absolute atomic E-state index is 0.339. The van der Waals surface area contributed by atoms with Crippen molar-refractivity contribution in [3.63, 3.8) is 0 Å². The van der Waals surface area contributed by atoms with E-state index in [1.54, 1.807) is 35.9 Å². The number of hydrogen-bond donors (Lipinski definition) is 4. The Bertz CT molecular complexity index is 935. The standard InChI is InChI=1S/C20H19N3O2/c21-19(17-6-3-7-18(11-17)20(24)23-25)13-22-12-14-8-9-15-4-1-2-5-16(15)10-14/h1-11,13,22,25H,12,21H2,(H,23,24)/b19-13-. The predicted octanol–water partition coefficient (Wildman–Crippen LogP) is 3.01. The molecule has 0 unspecified atom stereocenters. The molecule has 0 atom stereocenters. The number of nitrogens with two attached hydrogens (primary N) is 1. The van der Waals surface area contributed by atoms with Crippen molar-refractivity contribution in [2.75, 3.05) is 0 Å². The van der Waals surface area contributed by atoms with Crippen LogP contribution in [-0.2, 0) is 6.54 Å². The normalized spacial score (nSPS) is 11.3. The van der Waals surface area contributed by atoms with Gasteiger partial charge in [-0.25, -0.2) is 5.48 Å². The first kappa shape index (κ1) is 16.5. The second kappa shape index (κ2) is 7.51. The second-order valence-corrected chi connectivity index (χ2v) is 5.68. The van der Waals surface area contributed by atoms with Crippen LogP contribution in [0.4, 0.5) is 0 Å². The Morgan fingerprint density at radius 3 is 2.52 bits per heavy atom. The number of benzene rings is 3. The highest BCUT2D eigenvalue weighted by Crippen LogP contribution is 2.16. The highest BCUT2D eigenvalue weighted by Gasteiger charge is 2.05. The van der Waals surface area contributed by atoms with Crippen molar-refractivity contribution in [1.82, 2.24) is 10.8 Å². The summed E-state index contributed by atoms with van der Waals surface area (Å²) in [6.45, 7) is 0.641. The molecule has 0 aromatic heterocycles. The van der Waals surface area contributed by atoms with Gasteiger partial charge in [-0.15, -0.1) is 0 Å². The molecule has 5 heteroatoms. The lowest BCUT2D eigenvalue weighted by molar-refractivity contribution is 0.0706. The average Bonchev–Trinajstić information content (AvgIpc) is 2.67. The van der Waals surface area contributed by atoms with E-state index >= 15 is 0 Å². The summed E-state index contributed by atoms with van der Waals surface area (Å²) in [5, 5.41) is 14.3. The molecule has 0 bridgehead atoms. The molecule has 0 fully saturated rings. The average molecular weight is 333 g/mol. The molecule has 0 aliphatic carbocycles. The third kappa shape index (κ3) is 3.97. The Morgan fingerprint density at radius 1 is 0.960 bits per heavy atom. The maximum atomic E-state index is 11.5. The van der Waals surface area contributed by atoms with Gasteiger partial charge in [-0.2, -0.15) is 0 Å². The number of fused-ring (bicyclic) bond motifs is 1. The molecule has 5 nitrogen and oxygen atoms in total. The number of hydroxylamine groups is 1. The summed E-state index contributed by atoms with van der Waals surface area (Å²) in [5.74, 6) is -0.571. The fraction of sp³-hybridized carbons (Fsp3) is 0.0500. The largest absolute Gasteiger partial charge is 0.397 e. The van der Waals surface area contributed by atoms with Gasteiger partial charge in [0.25, 0.3) is 5.91 Å². The maximum Gasteiger partial charge on any atom is 0.274 e. The van der Waals surface area contributed by atoms with E-state index in [1.807, 2.05) is 12.1 Å². The first-order chi connectivity index (χ1) is 12.2. The molecule has 1 amide bonds. The summed E-state index contributed by atoms with van der Waals surface area (Å²) < 4.78 is 0. The van der Waals surface area contributed by atoms with Gasteiger partial charge in [0.2, 0.25) is 0 Å². The first-order valence-electron chi connectivity index (χ1n) is 7.89. The molecule has 126 valence electrons. The van der Waals surface area contributed by atoms with Crippen LogP contribution in [0.5, 0.6) is 0 Å². The Labute approximate surface area is 145 Å². The molecule has 3 aromatic rings. The van der Waals surface area contributed by atoms with Crippen molar-refractivity contribution in [2.24, 2.45) is 5.73 Å². The molecule has 0 heterocycles. The van der Waals surface area contributed by atoms with Crippen LogP contribution >= 0.6 is 0 Å². The maximum absolute atomic E-state index is 11.5. The molecule has 0 saturated carbocycles. The zero-order valence-corrected chi connectivity index (χ0v) is 13.6. The lowest BCUT2D eigenvalue weighted by Crippen LogP contribution is -2.18. The zero-order valence-electron chi connectivity index (χ0n) is 13.6. The fourth-order valence-electron chi connectivity index (χ4n) is 2.62. The number of carbonyl (C=O) groups excluding carboxylic acids is 1. The molecule has 0 saturated heterocycles. The number of amides is 1. The van der Waals surface area contributed by atoms with E-state index in [2.05, 4.69) is 35.6 Å². The summed E-state index contributed by atoms with van der Waals surface area (Å²) >= 11 is 0. The summed E-state index contributed by atoms with van der Waals surface area (Å²) in [7, 11) is 0. The van der Waals surface area contributed by atoms with Crippen LogP contribution < -0.4 is 16.5 Å². The van der Waals surface area contributed by atoms with Gasteiger partial charge < -0.3 is 11.1 Å². The lowest BCUT2D eigenvalue weighted by atomic mass is 10.1. The number of hydrogen-bond acceptors (Lipinski definition) is 4. The molecule has 0 radical (unpaired) electrons. The molecule has 5 N–H and O–H groups in total. The highest BCUT2D eigenvalue weighted by molar-refractivity contribution is 5.94. The monoisotopic (exact) mass is 333 g/mol. The zero-order chi connectivity index (χ0) is 17.6. The van der Waals surface area contributed by atoms with E-state index in [0.29, 0.717) is 23.4 Å². The van der Waals surface area contributed by atoms with Gasteiger partial charge in [0.1, 0.15) is 0 Å². The molecule has 3 aromatic carbocycles. The van der Waals surface area contributed by atoms with Crippen molar-refractivity contribution < 1.29 is 10.0 Å². The van der Waals surface area contributed by atoms with Crippen molar-refractivity contribution in [1.29, 1.82) is 0 Å². The fourth-order valence-corrected chi connectivity index (χ4v) is 2.62. The van der Waals surface area contributed by atoms with E-state index in [9.17, 15) is 4.79 Å². The van der Waals surface area contributed by atoms with Gasteiger partial charge in [0.05, 0.1) is 5.70 Å². The van der Waals surface area contributed by atoms with Crippen LogP contribution in [0.15, 0.2) is 72.9 Å². The van der Waals surface area contributed by atoms with Crippen molar-refractivity contribution in [3.8, 4) is 0 Å². The molecule has 0 aliphatic rings. The van der Waals surface area contributed by atoms with Crippen molar-refractivity contribution >= 4 is 22.4 Å². The smallest absolute Gasteiger partial charge is 0.274 e. The van der Waals surface area contributed by atoms with Crippen molar-refractivity contribution in [2.45, 2.75) is 6.54 Å². The van der Waals surface area contributed by atoms with E-state index in [1.165, 1.54) is 10.8 Å². The Balaban J connectivity index is 1.69. The van der Waals surface area contributed by atoms with Crippen molar-refractivity contribution in [3.05, 3.63) is 89.6 Å². The SMILES string of the molecule is N/C(=C\NCc1ccc2ccccc2c1)c1cccc(C(=O)NO)c1. The summed E-state index contributed by atoms with van der Waals surface area (Å²) in [4.78, 5) is 11.5. The van der Waals surface area contributed by atoms with Crippen LogP contribution in [-0.4, -0.2) is 11.1 Å². The molecular weight excluding hydrogens is 314 g/mol. The van der Waals surface area contributed by atoms with Crippen LogP contribution in [0.2, 0.25) is 0 Å². The van der Waals surface area contributed by atoms with Gasteiger partial charge in [-0.05, 0) is 40.1 Å².